The Morgan fingerprint density at radius 1 is 1.18 bits per heavy atom. The summed E-state index contributed by atoms with van der Waals surface area (Å²) in [5.41, 5.74) is 3.09. The molecule has 1 aromatic carbocycles. The lowest BCUT2D eigenvalue weighted by molar-refractivity contribution is 0.202. The van der Waals surface area contributed by atoms with Gasteiger partial charge in [0, 0.05) is 11.9 Å². The van der Waals surface area contributed by atoms with E-state index in [0.717, 1.165) is 18.8 Å². The Hall–Kier alpha value is -0.530. The highest BCUT2D eigenvalue weighted by Crippen LogP contribution is 2.25. The van der Waals surface area contributed by atoms with Gasteiger partial charge in [-0.15, -0.1) is 11.6 Å². The number of alkyl halides is 1. The van der Waals surface area contributed by atoms with E-state index in [1.54, 1.807) is 11.1 Å². The molecule has 1 nitrogen and oxygen atoms in total. The van der Waals surface area contributed by atoms with Crippen molar-refractivity contribution in [3.05, 3.63) is 35.4 Å². The highest BCUT2D eigenvalue weighted by molar-refractivity contribution is 6.17. The Kier molecular flexibility index (Phi) is 4.87. The van der Waals surface area contributed by atoms with E-state index in [2.05, 4.69) is 36.1 Å². The maximum atomic E-state index is 5.81. The van der Waals surface area contributed by atoms with Crippen LogP contribution in [0.4, 0.5) is 0 Å². The van der Waals surface area contributed by atoms with Gasteiger partial charge in [-0.25, -0.2) is 0 Å². The molecule has 0 unspecified atom stereocenters. The van der Waals surface area contributed by atoms with Crippen molar-refractivity contribution >= 4 is 11.6 Å². The fourth-order valence-electron chi connectivity index (χ4n) is 2.82. The monoisotopic (exact) mass is 251 g/mol. The molecule has 0 saturated heterocycles. The molecule has 0 N–H and O–H groups in total. The molecule has 0 bridgehead atoms. The van der Waals surface area contributed by atoms with Crippen LogP contribution >= 0.6 is 11.6 Å². The van der Waals surface area contributed by atoms with Gasteiger partial charge in [0.05, 0.1) is 0 Å². The third-order valence-corrected chi connectivity index (χ3v) is 3.90. The first kappa shape index (κ1) is 12.9. The molecule has 94 valence electrons. The molecule has 2 rings (SSSR count). The molecule has 0 fully saturated rings. The number of benzene rings is 1. The van der Waals surface area contributed by atoms with Crippen LogP contribution in [-0.4, -0.2) is 29.9 Å². The minimum Gasteiger partial charge on any atom is -0.300 e. The molecule has 0 atom stereocenters. The zero-order valence-electron chi connectivity index (χ0n) is 10.7. The summed E-state index contributed by atoms with van der Waals surface area (Å²) in [5, 5.41) is 0. The Bertz CT molecular complexity index is 326. The molecular formula is C15H22ClN. The molecule has 0 heterocycles. The van der Waals surface area contributed by atoms with Crippen LogP contribution < -0.4 is 0 Å². The van der Waals surface area contributed by atoms with E-state index in [0.29, 0.717) is 6.04 Å². The first-order valence-electron chi connectivity index (χ1n) is 6.72. The van der Waals surface area contributed by atoms with Crippen molar-refractivity contribution in [3.8, 4) is 0 Å². The summed E-state index contributed by atoms with van der Waals surface area (Å²) in [6, 6.07) is 9.58. The SMILES string of the molecule is CCCN(CCCCl)C1Cc2ccccc2C1. The molecule has 0 radical (unpaired) electrons. The largest absolute Gasteiger partial charge is 0.300 e. The molecule has 17 heavy (non-hydrogen) atoms. The third kappa shape index (κ3) is 3.23. The van der Waals surface area contributed by atoms with Crippen LogP contribution in [0.5, 0.6) is 0 Å². The fourth-order valence-corrected chi connectivity index (χ4v) is 2.94. The van der Waals surface area contributed by atoms with E-state index in [4.69, 9.17) is 11.6 Å². The van der Waals surface area contributed by atoms with Gasteiger partial charge >= 0.3 is 0 Å². The second-order valence-corrected chi connectivity index (χ2v) is 5.29. The van der Waals surface area contributed by atoms with Crippen molar-refractivity contribution < 1.29 is 0 Å². The van der Waals surface area contributed by atoms with Gasteiger partial charge in [-0.3, -0.25) is 4.90 Å². The van der Waals surface area contributed by atoms with Gasteiger partial charge in [0.15, 0.2) is 0 Å². The minimum absolute atomic E-state index is 0.704. The number of halogens is 1. The van der Waals surface area contributed by atoms with Crippen LogP contribution in [0.3, 0.4) is 0 Å². The van der Waals surface area contributed by atoms with E-state index >= 15 is 0 Å². The summed E-state index contributed by atoms with van der Waals surface area (Å²) in [5.74, 6) is 0.778. The van der Waals surface area contributed by atoms with Crippen LogP contribution in [0.2, 0.25) is 0 Å². The average molecular weight is 252 g/mol. The molecule has 1 aromatic rings. The van der Waals surface area contributed by atoms with Gasteiger partial charge < -0.3 is 0 Å². The molecule has 0 aliphatic heterocycles. The summed E-state index contributed by atoms with van der Waals surface area (Å²) < 4.78 is 0. The molecule has 0 aromatic heterocycles. The van der Waals surface area contributed by atoms with Crippen LogP contribution in [0.15, 0.2) is 24.3 Å². The Labute approximate surface area is 110 Å². The predicted octanol–water partition coefficient (Wildman–Crippen LogP) is 3.49. The lowest BCUT2D eigenvalue weighted by Gasteiger charge is -2.28. The summed E-state index contributed by atoms with van der Waals surface area (Å²) in [7, 11) is 0. The number of hydrogen-bond acceptors (Lipinski definition) is 1. The van der Waals surface area contributed by atoms with Crippen LogP contribution in [0.1, 0.15) is 30.9 Å². The average Bonchev–Trinajstić information content (AvgIpc) is 2.78. The van der Waals surface area contributed by atoms with E-state index in [1.165, 1.54) is 25.8 Å². The summed E-state index contributed by atoms with van der Waals surface area (Å²) in [4.78, 5) is 2.63. The zero-order valence-corrected chi connectivity index (χ0v) is 11.4. The Balaban J connectivity index is 1.98. The third-order valence-electron chi connectivity index (χ3n) is 3.64. The summed E-state index contributed by atoms with van der Waals surface area (Å²) >= 11 is 5.81. The minimum atomic E-state index is 0.704. The van der Waals surface area contributed by atoms with E-state index in [-0.39, 0.29) is 0 Å². The molecular weight excluding hydrogens is 230 g/mol. The van der Waals surface area contributed by atoms with Crippen molar-refractivity contribution in [2.24, 2.45) is 0 Å². The Morgan fingerprint density at radius 2 is 1.82 bits per heavy atom. The van der Waals surface area contributed by atoms with Crippen LogP contribution in [-0.2, 0) is 12.8 Å². The van der Waals surface area contributed by atoms with Gasteiger partial charge in [0.2, 0.25) is 0 Å². The standard InChI is InChI=1S/C15H22ClN/c1-2-9-17(10-5-8-16)15-11-13-6-3-4-7-14(13)12-15/h3-4,6-7,15H,2,5,8-12H2,1H3. The first-order chi connectivity index (χ1) is 8.35. The molecule has 0 spiro atoms. The van der Waals surface area contributed by atoms with Crippen molar-refractivity contribution in [3.63, 3.8) is 0 Å². The van der Waals surface area contributed by atoms with Gasteiger partial charge in [-0.1, -0.05) is 31.2 Å². The fraction of sp³-hybridized carbons (Fsp3) is 0.600. The molecule has 1 aliphatic carbocycles. The van der Waals surface area contributed by atoms with Crippen LogP contribution in [0, 0.1) is 0 Å². The van der Waals surface area contributed by atoms with E-state index in [1.807, 2.05) is 0 Å². The molecule has 1 aliphatic rings. The highest BCUT2D eigenvalue weighted by Gasteiger charge is 2.25. The quantitative estimate of drug-likeness (QED) is 0.700. The topological polar surface area (TPSA) is 3.24 Å². The number of hydrogen-bond donors (Lipinski definition) is 0. The lowest BCUT2D eigenvalue weighted by Crippen LogP contribution is -2.37. The van der Waals surface area contributed by atoms with Gasteiger partial charge in [-0.2, -0.15) is 0 Å². The maximum absolute atomic E-state index is 5.81. The molecule has 0 amide bonds. The van der Waals surface area contributed by atoms with Gasteiger partial charge in [0.1, 0.15) is 0 Å². The molecule has 0 saturated carbocycles. The van der Waals surface area contributed by atoms with Crippen molar-refractivity contribution in [1.82, 2.24) is 4.90 Å². The zero-order chi connectivity index (χ0) is 12.1. The Morgan fingerprint density at radius 3 is 2.35 bits per heavy atom. The van der Waals surface area contributed by atoms with Crippen molar-refractivity contribution in [2.75, 3.05) is 19.0 Å². The number of rotatable bonds is 6. The normalized spacial score (nSPS) is 15.5. The second-order valence-electron chi connectivity index (χ2n) is 4.91. The van der Waals surface area contributed by atoms with Crippen molar-refractivity contribution in [1.29, 1.82) is 0 Å². The highest BCUT2D eigenvalue weighted by atomic mass is 35.5. The van der Waals surface area contributed by atoms with E-state index < -0.39 is 0 Å². The van der Waals surface area contributed by atoms with Gasteiger partial charge in [0.25, 0.3) is 0 Å². The number of fused-ring (bicyclic) bond motifs is 1. The summed E-state index contributed by atoms with van der Waals surface area (Å²) in [6.45, 7) is 4.61. The van der Waals surface area contributed by atoms with Crippen LogP contribution in [0.25, 0.3) is 0 Å². The van der Waals surface area contributed by atoms with E-state index in [9.17, 15) is 0 Å². The predicted molar refractivity (Wildman–Crippen MR) is 74.8 cm³/mol. The maximum Gasteiger partial charge on any atom is 0.0235 e. The smallest absolute Gasteiger partial charge is 0.0235 e. The molecule has 2 heteroatoms. The van der Waals surface area contributed by atoms with Gasteiger partial charge in [-0.05, 0) is 49.9 Å². The first-order valence-corrected chi connectivity index (χ1v) is 7.25. The van der Waals surface area contributed by atoms with Crippen molar-refractivity contribution in [2.45, 2.75) is 38.6 Å². The second kappa shape index (κ2) is 6.42. The lowest BCUT2D eigenvalue weighted by atomic mass is 10.1. The number of nitrogens with zero attached hydrogens (tertiary/aromatic N) is 1. The summed E-state index contributed by atoms with van der Waals surface area (Å²) in [6.07, 6.45) is 4.78.